The quantitative estimate of drug-likeness (QED) is 0.754. The minimum absolute atomic E-state index is 0.209. The molecular formula is C21H23N3O2S. The summed E-state index contributed by atoms with van der Waals surface area (Å²) < 4.78 is 28.5. The van der Waals surface area contributed by atoms with Crippen molar-refractivity contribution in [1.82, 2.24) is 14.6 Å². The Morgan fingerprint density at radius 2 is 1.96 bits per heavy atom. The van der Waals surface area contributed by atoms with Crippen molar-refractivity contribution in [2.24, 2.45) is 0 Å². The predicted molar refractivity (Wildman–Crippen MR) is 107 cm³/mol. The molecule has 1 unspecified atom stereocenters. The number of aryl methyl sites for hydroxylation is 1. The Labute approximate surface area is 160 Å². The third kappa shape index (κ3) is 3.48. The van der Waals surface area contributed by atoms with Crippen LogP contribution in [0.25, 0.3) is 10.9 Å². The Hall–Kier alpha value is -2.28. The highest BCUT2D eigenvalue weighted by molar-refractivity contribution is 7.89. The number of hydrogen-bond donors (Lipinski definition) is 1. The van der Waals surface area contributed by atoms with Gasteiger partial charge >= 0.3 is 0 Å². The number of rotatable bonds is 4. The van der Waals surface area contributed by atoms with Gasteiger partial charge in [0.1, 0.15) is 0 Å². The van der Waals surface area contributed by atoms with E-state index in [1.165, 1.54) is 5.56 Å². The molecule has 1 atom stereocenters. The Morgan fingerprint density at radius 1 is 1.15 bits per heavy atom. The summed E-state index contributed by atoms with van der Waals surface area (Å²) in [5.74, 6) is 0. The zero-order valence-corrected chi connectivity index (χ0v) is 16.1. The first-order valence-electron chi connectivity index (χ1n) is 9.26. The molecule has 2 heterocycles. The molecule has 6 heteroatoms. The first-order chi connectivity index (χ1) is 13.1. The highest BCUT2D eigenvalue weighted by atomic mass is 32.2. The average Bonchev–Trinajstić information content (AvgIpc) is 2.73. The molecule has 5 nitrogen and oxygen atoms in total. The summed E-state index contributed by atoms with van der Waals surface area (Å²) >= 11 is 0. The van der Waals surface area contributed by atoms with Gasteiger partial charge in [0.05, 0.1) is 16.5 Å². The summed E-state index contributed by atoms with van der Waals surface area (Å²) in [6, 6.07) is 16.9. The number of aromatic nitrogens is 1. The highest BCUT2D eigenvalue weighted by Crippen LogP contribution is 2.30. The van der Waals surface area contributed by atoms with Crippen LogP contribution in [0.1, 0.15) is 24.1 Å². The number of nitrogens with zero attached hydrogens (tertiary/aromatic N) is 2. The van der Waals surface area contributed by atoms with Crippen LogP contribution < -0.4 is 5.32 Å². The van der Waals surface area contributed by atoms with Gasteiger partial charge in [-0.05, 0) is 41.8 Å². The molecule has 1 aliphatic rings. The normalized spacial score (nSPS) is 18.6. The van der Waals surface area contributed by atoms with Crippen molar-refractivity contribution in [3.63, 3.8) is 0 Å². The molecule has 0 spiro atoms. The molecule has 2 aromatic carbocycles. The van der Waals surface area contributed by atoms with E-state index in [2.05, 4.69) is 29.4 Å². The fourth-order valence-electron chi connectivity index (χ4n) is 3.58. The van der Waals surface area contributed by atoms with Gasteiger partial charge in [-0.25, -0.2) is 8.42 Å². The van der Waals surface area contributed by atoms with Crippen molar-refractivity contribution in [2.75, 3.05) is 19.6 Å². The lowest BCUT2D eigenvalue weighted by molar-refractivity contribution is 0.271. The molecule has 1 fully saturated rings. The van der Waals surface area contributed by atoms with Crippen LogP contribution in [-0.4, -0.2) is 37.3 Å². The smallest absolute Gasteiger partial charge is 0.243 e. The summed E-state index contributed by atoms with van der Waals surface area (Å²) in [4.78, 5) is 4.60. The molecule has 27 heavy (non-hydrogen) atoms. The van der Waals surface area contributed by atoms with Crippen LogP contribution in [0.3, 0.4) is 0 Å². The molecule has 1 aromatic heterocycles. The second-order valence-electron chi connectivity index (χ2n) is 6.79. The van der Waals surface area contributed by atoms with Crippen molar-refractivity contribution < 1.29 is 8.42 Å². The predicted octanol–water partition coefficient (Wildman–Crippen LogP) is 3.13. The van der Waals surface area contributed by atoms with E-state index in [0.717, 1.165) is 22.9 Å². The maximum Gasteiger partial charge on any atom is 0.243 e. The van der Waals surface area contributed by atoms with Crippen molar-refractivity contribution in [3.8, 4) is 0 Å². The first-order valence-corrected chi connectivity index (χ1v) is 10.7. The minimum Gasteiger partial charge on any atom is -0.313 e. The Morgan fingerprint density at radius 3 is 2.74 bits per heavy atom. The van der Waals surface area contributed by atoms with Gasteiger partial charge in [-0.1, -0.05) is 37.3 Å². The van der Waals surface area contributed by atoms with E-state index < -0.39 is 10.0 Å². The average molecular weight is 382 g/mol. The molecule has 0 amide bonds. The van der Waals surface area contributed by atoms with Gasteiger partial charge in [0.15, 0.2) is 0 Å². The first kappa shape index (κ1) is 18.1. The van der Waals surface area contributed by atoms with Gasteiger partial charge in [0.25, 0.3) is 0 Å². The van der Waals surface area contributed by atoms with Gasteiger partial charge < -0.3 is 5.32 Å². The SMILES string of the molecule is CCc1ccc(C2CNCCN2S(=O)(=O)c2ccc3ncccc3c2)cc1. The van der Waals surface area contributed by atoms with Crippen molar-refractivity contribution >= 4 is 20.9 Å². The van der Waals surface area contributed by atoms with Crippen molar-refractivity contribution in [3.05, 3.63) is 71.9 Å². The largest absolute Gasteiger partial charge is 0.313 e. The van der Waals surface area contributed by atoms with Crippen molar-refractivity contribution in [2.45, 2.75) is 24.3 Å². The van der Waals surface area contributed by atoms with Crippen LogP contribution in [0.5, 0.6) is 0 Å². The Bertz CT molecular complexity index is 1050. The number of sulfonamides is 1. The van der Waals surface area contributed by atoms with E-state index in [1.54, 1.807) is 28.7 Å². The molecule has 4 rings (SSSR count). The molecule has 0 saturated carbocycles. The van der Waals surface area contributed by atoms with Crippen molar-refractivity contribution in [1.29, 1.82) is 0 Å². The van der Waals surface area contributed by atoms with Crippen LogP contribution in [0.15, 0.2) is 65.7 Å². The number of pyridine rings is 1. The molecule has 0 radical (unpaired) electrons. The van der Waals surface area contributed by atoms with Gasteiger partial charge in [0.2, 0.25) is 10.0 Å². The fourth-order valence-corrected chi connectivity index (χ4v) is 5.23. The van der Waals surface area contributed by atoms with Crippen LogP contribution >= 0.6 is 0 Å². The molecular weight excluding hydrogens is 358 g/mol. The molecule has 0 aliphatic carbocycles. The number of fused-ring (bicyclic) bond motifs is 1. The second-order valence-corrected chi connectivity index (χ2v) is 8.68. The zero-order valence-electron chi connectivity index (χ0n) is 15.3. The minimum atomic E-state index is -3.60. The van der Waals surface area contributed by atoms with Gasteiger partial charge in [-0.2, -0.15) is 4.31 Å². The van der Waals surface area contributed by atoms with Crippen LogP contribution in [0, 0.1) is 0 Å². The molecule has 1 saturated heterocycles. The van der Waals surface area contributed by atoms with Crippen LogP contribution in [0.4, 0.5) is 0 Å². The number of hydrogen-bond acceptors (Lipinski definition) is 4. The monoisotopic (exact) mass is 381 g/mol. The summed E-state index contributed by atoms with van der Waals surface area (Å²) in [6.45, 7) is 3.83. The Balaban J connectivity index is 1.72. The number of nitrogens with one attached hydrogen (secondary N) is 1. The molecule has 140 valence electrons. The lowest BCUT2D eigenvalue weighted by Gasteiger charge is -2.35. The number of piperazine rings is 1. The summed E-state index contributed by atoms with van der Waals surface area (Å²) in [6.07, 6.45) is 2.68. The Kier molecular flexibility index (Phi) is 4.95. The van der Waals surface area contributed by atoms with Crippen LogP contribution in [-0.2, 0) is 16.4 Å². The van der Waals surface area contributed by atoms with E-state index in [0.29, 0.717) is 24.5 Å². The summed E-state index contributed by atoms with van der Waals surface area (Å²) in [5, 5.41) is 4.16. The van der Waals surface area contributed by atoms with Crippen LogP contribution in [0.2, 0.25) is 0 Å². The molecule has 1 aliphatic heterocycles. The summed E-state index contributed by atoms with van der Waals surface area (Å²) in [7, 11) is -3.60. The maximum atomic E-state index is 13.4. The lowest BCUT2D eigenvalue weighted by atomic mass is 10.0. The third-order valence-electron chi connectivity index (χ3n) is 5.15. The fraction of sp³-hybridized carbons (Fsp3) is 0.286. The number of benzene rings is 2. The van der Waals surface area contributed by atoms with E-state index in [-0.39, 0.29) is 6.04 Å². The molecule has 1 N–H and O–H groups in total. The zero-order chi connectivity index (χ0) is 18.9. The van der Waals surface area contributed by atoms with E-state index in [9.17, 15) is 8.42 Å². The second kappa shape index (κ2) is 7.38. The summed E-state index contributed by atoms with van der Waals surface area (Å²) in [5.41, 5.74) is 3.06. The van der Waals surface area contributed by atoms with E-state index >= 15 is 0 Å². The highest BCUT2D eigenvalue weighted by Gasteiger charge is 2.34. The lowest BCUT2D eigenvalue weighted by Crippen LogP contribution is -2.48. The van der Waals surface area contributed by atoms with E-state index in [4.69, 9.17) is 0 Å². The molecule has 0 bridgehead atoms. The maximum absolute atomic E-state index is 13.4. The van der Waals surface area contributed by atoms with Gasteiger partial charge in [-0.15, -0.1) is 0 Å². The topological polar surface area (TPSA) is 62.3 Å². The molecule has 3 aromatic rings. The van der Waals surface area contributed by atoms with Gasteiger partial charge in [0, 0.05) is 31.2 Å². The standard InChI is InChI=1S/C21H23N3O2S/c1-2-16-5-7-17(8-6-16)21-15-22-12-13-24(21)27(25,26)19-9-10-20-18(14-19)4-3-11-23-20/h3-11,14,21-22H,2,12-13,15H2,1H3. The van der Waals surface area contributed by atoms with Gasteiger partial charge in [-0.3, -0.25) is 4.98 Å². The third-order valence-corrected chi connectivity index (χ3v) is 7.05. The van der Waals surface area contributed by atoms with E-state index in [1.807, 2.05) is 24.3 Å².